The van der Waals surface area contributed by atoms with Crippen LogP contribution >= 0.6 is 0 Å². The Bertz CT molecular complexity index is 480. The van der Waals surface area contributed by atoms with Gasteiger partial charge in [0, 0.05) is 33.9 Å². The SMILES string of the molecule is CCNC(=NCc1nncn1C)NCC1(CCOC)CCC1. The van der Waals surface area contributed by atoms with E-state index >= 15 is 0 Å². The number of rotatable bonds is 8. The number of aliphatic imine (C=N–C) groups is 1. The van der Waals surface area contributed by atoms with Gasteiger partial charge in [-0.2, -0.15) is 0 Å². The van der Waals surface area contributed by atoms with Crippen LogP contribution in [-0.2, 0) is 18.3 Å². The number of guanidine groups is 1. The smallest absolute Gasteiger partial charge is 0.191 e. The fourth-order valence-corrected chi connectivity index (χ4v) is 2.72. The minimum atomic E-state index is 0.372. The number of hydrogen-bond donors (Lipinski definition) is 2. The highest BCUT2D eigenvalue weighted by molar-refractivity contribution is 5.79. The lowest BCUT2D eigenvalue weighted by molar-refractivity contribution is 0.0732. The van der Waals surface area contributed by atoms with E-state index in [1.165, 1.54) is 19.3 Å². The van der Waals surface area contributed by atoms with E-state index in [-0.39, 0.29) is 0 Å². The Balaban J connectivity index is 1.89. The Morgan fingerprint density at radius 2 is 2.27 bits per heavy atom. The molecule has 0 spiro atoms. The molecule has 22 heavy (non-hydrogen) atoms. The summed E-state index contributed by atoms with van der Waals surface area (Å²) >= 11 is 0. The molecule has 7 heteroatoms. The van der Waals surface area contributed by atoms with Crippen LogP contribution in [0.5, 0.6) is 0 Å². The Morgan fingerprint density at radius 3 is 2.82 bits per heavy atom. The molecule has 1 fully saturated rings. The first-order valence-electron chi connectivity index (χ1n) is 8.03. The maximum Gasteiger partial charge on any atom is 0.191 e. The number of hydrogen-bond acceptors (Lipinski definition) is 4. The summed E-state index contributed by atoms with van der Waals surface area (Å²) in [4.78, 5) is 4.60. The molecule has 1 saturated carbocycles. The molecule has 0 aliphatic heterocycles. The Morgan fingerprint density at radius 1 is 1.45 bits per heavy atom. The lowest BCUT2D eigenvalue weighted by Crippen LogP contribution is -2.47. The fraction of sp³-hybridized carbons (Fsp3) is 0.800. The minimum absolute atomic E-state index is 0.372. The molecule has 1 aromatic heterocycles. The van der Waals surface area contributed by atoms with E-state index in [9.17, 15) is 0 Å². The topological polar surface area (TPSA) is 76.4 Å². The van der Waals surface area contributed by atoms with E-state index in [1.54, 1.807) is 13.4 Å². The van der Waals surface area contributed by atoms with Gasteiger partial charge in [-0.25, -0.2) is 4.99 Å². The minimum Gasteiger partial charge on any atom is -0.385 e. The zero-order valence-electron chi connectivity index (χ0n) is 13.9. The van der Waals surface area contributed by atoms with Crippen LogP contribution in [0.1, 0.15) is 38.4 Å². The molecule has 0 unspecified atom stereocenters. The molecule has 1 aliphatic carbocycles. The second-order valence-corrected chi connectivity index (χ2v) is 6.00. The van der Waals surface area contributed by atoms with Crippen molar-refractivity contribution in [3.8, 4) is 0 Å². The maximum absolute atomic E-state index is 5.25. The van der Waals surface area contributed by atoms with Crippen LogP contribution < -0.4 is 10.6 Å². The van der Waals surface area contributed by atoms with Crippen LogP contribution in [0.4, 0.5) is 0 Å². The van der Waals surface area contributed by atoms with Crippen LogP contribution in [0.25, 0.3) is 0 Å². The third kappa shape index (κ3) is 4.43. The number of nitrogens with one attached hydrogen (secondary N) is 2. The van der Waals surface area contributed by atoms with Crippen molar-refractivity contribution < 1.29 is 4.74 Å². The highest BCUT2D eigenvalue weighted by Crippen LogP contribution is 2.43. The van der Waals surface area contributed by atoms with Crippen LogP contribution in [0.3, 0.4) is 0 Å². The van der Waals surface area contributed by atoms with Crippen LogP contribution in [0, 0.1) is 5.41 Å². The predicted molar refractivity (Wildman–Crippen MR) is 86.6 cm³/mol. The van der Waals surface area contributed by atoms with Crippen molar-refractivity contribution in [2.24, 2.45) is 17.5 Å². The summed E-state index contributed by atoms with van der Waals surface area (Å²) in [7, 11) is 3.70. The second kappa shape index (κ2) is 8.12. The van der Waals surface area contributed by atoms with Crippen molar-refractivity contribution >= 4 is 5.96 Å². The molecule has 0 bridgehead atoms. The molecule has 0 amide bonds. The normalized spacial score (nSPS) is 17.1. The zero-order chi connectivity index (χ0) is 15.8. The second-order valence-electron chi connectivity index (χ2n) is 6.00. The Hall–Kier alpha value is -1.63. The van der Waals surface area contributed by atoms with Crippen molar-refractivity contribution in [1.29, 1.82) is 0 Å². The van der Waals surface area contributed by atoms with Gasteiger partial charge in [-0.1, -0.05) is 6.42 Å². The lowest BCUT2D eigenvalue weighted by Gasteiger charge is -2.42. The van der Waals surface area contributed by atoms with E-state index in [2.05, 4.69) is 32.7 Å². The quantitative estimate of drug-likeness (QED) is 0.555. The summed E-state index contributed by atoms with van der Waals surface area (Å²) < 4.78 is 7.13. The van der Waals surface area contributed by atoms with Gasteiger partial charge >= 0.3 is 0 Å². The first-order chi connectivity index (χ1) is 10.7. The zero-order valence-corrected chi connectivity index (χ0v) is 13.9. The van der Waals surface area contributed by atoms with Gasteiger partial charge in [-0.3, -0.25) is 0 Å². The molecule has 1 aromatic rings. The maximum atomic E-state index is 5.25. The standard InChI is InChI=1S/C15H28N6O/c1-4-16-14(17-10-13-20-19-12-21(13)2)18-11-15(6-5-7-15)8-9-22-3/h12H,4-11H2,1-3H3,(H2,16,17,18). The number of ether oxygens (including phenoxy) is 1. The van der Waals surface area contributed by atoms with Gasteiger partial charge in [0.1, 0.15) is 12.9 Å². The fourth-order valence-electron chi connectivity index (χ4n) is 2.72. The predicted octanol–water partition coefficient (Wildman–Crippen LogP) is 1.08. The van der Waals surface area contributed by atoms with Crippen molar-refractivity contribution in [2.45, 2.75) is 39.2 Å². The first kappa shape index (κ1) is 16.7. The molecule has 124 valence electrons. The van der Waals surface area contributed by atoms with Crippen molar-refractivity contribution in [2.75, 3.05) is 26.8 Å². The van der Waals surface area contributed by atoms with Gasteiger partial charge in [-0.05, 0) is 31.6 Å². The molecule has 2 N–H and O–H groups in total. The molecule has 0 aromatic carbocycles. The van der Waals surface area contributed by atoms with Gasteiger partial charge in [0.05, 0.1) is 0 Å². The summed E-state index contributed by atoms with van der Waals surface area (Å²) in [5, 5.41) is 14.7. The molecule has 7 nitrogen and oxygen atoms in total. The van der Waals surface area contributed by atoms with Crippen molar-refractivity contribution in [3.05, 3.63) is 12.2 Å². The van der Waals surface area contributed by atoms with E-state index in [0.29, 0.717) is 12.0 Å². The molecule has 1 heterocycles. The van der Waals surface area contributed by atoms with E-state index < -0.39 is 0 Å². The van der Waals surface area contributed by atoms with Gasteiger partial charge in [0.25, 0.3) is 0 Å². The summed E-state index contributed by atoms with van der Waals surface area (Å²) in [6, 6.07) is 0. The monoisotopic (exact) mass is 308 g/mol. The van der Waals surface area contributed by atoms with Gasteiger partial charge in [0.2, 0.25) is 0 Å². The molecular formula is C15H28N6O. The Labute approximate surface area is 132 Å². The lowest BCUT2D eigenvalue weighted by atomic mass is 9.67. The molecular weight excluding hydrogens is 280 g/mol. The highest BCUT2D eigenvalue weighted by Gasteiger charge is 2.36. The number of nitrogens with zero attached hydrogens (tertiary/aromatic N) is 4. The van der Waals surface area contributed by atoms with Gasteiger partial charge in [0.15, 0.2) is 11.8 Å². The van der Waals surface area contributed by atoms with Crippen LogP contribution in [-0.4, -0.2) is 47.5 Å². The third-order valence-electron chi connectivity index (χ3n) is 4.41. The number of aromatic nitrogens is 3. The molecule has 0 radical (unpaired) electrons. The van der Waals surface area contributed by atoms with E-state index in [1.807, 2.05) is 11.6 Å². The molecule has 0 atom stereocenters. The molecule has 0 saturated heterocycles. The average Bonchev–Trinajstić information content (AvgIpc) is 2.88. The van der Waals surface area contributed by atoms with E-state index in [4.69, 9.17) is 4.74 Å². The largest absolute Gasteiger partial charge is 0.385 e. The first-order valence-corrected chi connectivity index (χ1v) is 8.03. The van der Waals surface area contributed by atoms with Crippen molar-refractivity contribution in [3.63, 3.8) is 0 Å². The third-order valence-corrected chi connectivity index (χ3v) is 4.41. The summed E-state index contributed by atoms with van der Waals surface area (Å²) in [6.07, 6.45) is 6.66. The summed E-state index contributed by atoms with van der Waals surface area (Å²) in [6.45, 7) is 5.21. The average molecular weight is 308 g/mol. The van der Waals surface area contributed by atoms with Gasteiger partial charge < -0.3 is 19.9 Å². The summed E-state index contributed by atoms with van der Waals surface area (Å²) in [5.41, 5.74) is 0.372. The number of aryl methyl sites for hydroxylation is 1. The van der Waals surface area contributed by atoms with Gasteiger partial charge in [-0.15, -0.1) is 10.2 Å². The molecule has 2 rings (SSSR count). The summed E-state index contributed by atoms with van der Waals surface area (Å²) in [5.74, 6) is 1.70. The Kier molecular flexibility index (Phi) is 6.18. The van der Waals surface area contributed by atoms with E-state index in [0.717, 1.165) is 37.9 Å². The highest BCUT2D eigenvalue weighted by atomic mass is 16.5. The van der Waals surface area contributed by atoms with Crippen LogP contribution in [0.2, 0.25) is 0 Å². The number of methoxy groups -OCH3 is 1. The van der Waals surface area contributed by atoms with Crippen LogP contribution in [0.15, 0.2) is 11.3 Å². The van der Waals surface area contributed by atoms with Crippen molar-refractivity contribution in [1.82, 2.24) is 25.4 Å². The molecule has 1 aliphatic rings.